The summed E-state index contributed by atoms with van der Waals surface area (Å²) in [5.41, 5.74) is 8.00. The van der Waals surface area contributed by atoms with Gasteiger partial charge in [-0.25, -0.2) is 9.97 Å². The van der Waals surface area contributed by atoms with E-state index in [4.69, 9.17) is 5.73 Å². The van der Waals surface area contributed by atoms with Crippen molar-refractivity contribution in [1.29, 1.82) is 0 Å². The molecule has 1 amide bonds. The van der Waals surface area contributed by atoms with Crippen molar-refractivity contribution in [2.24, 2.45) is 0 Å². The standard InChI is InChI=1S/C18H16BrN5O/c1-11(5-4-6-12-9-13(19)16(20)21-10-12)22-18(25)17-23-14-7-2-3-8-15(14)24-17/h2-3,7-11H,5H2,1H3,(H2,20,21)(H,22,25)(H,23,24)/t11-/m0/s1. The van der Waals surface area contributed by atoms with Crippen molar-refractivity contribution >= 4 is 38.7 Å². The van der Waals surface area contributed by atoms with Gasteiger partial charge in [-0.15, -0.1) is 0 Å². The highest BCUT2D eigenvalue weighted by molar-refractivity contribution is 9.10. The Kier molecular flexibility index (Phi) is 5.00. The third kappa shape index (κ3) is 4.17. The van der Waals surface area contributed by atoms with Crippen LogP contribution in [0.3, 0.4) is 0 Å². The largest absolute Gasteiger partial charge is 0.383 e. The van der Waals surface area contributed by atoms with Gasteiger partial charge in [0.2, 0.25) is 0 Å². The molecule has 3 aromatic rings. The van der Waals surface area contributed by atoms with Gasteiger partial charge in [-0.2, -0.15) is 0 Å². The quantitative estimate of drug-likeness (QED) is 0.591. The van der Waals surface area contributed by atoms with E-state index in [0.717, 1.165) is 16.6 Å². The minimum Gasteiger partial charge on any atom is -0.383 e. The van der Waals surface area contributed by atoms with E-state index in [1.807, 2.05) is 37.3 Å². The van der Waals surface area contributed by atoms with Crippen LogP contribution < -0.4 is 11.1 Å². The molecule has 1 atom stereocenters. The number of halogens is 1. The van der Waals surface area contributed by atoms with Crippen molar-refractivity contribution in [1.82, 2.24) is 20.3 Å². The smallest absolute Gasteiger partial charge is 0.287 e. The molecule has 0 unspecified atom stereocenters. The number of rotatable bonds is 3. The molecule has 0 saturated carbocycles. The average molecular weight is 398 g/mol. The van der Waals surface area contributed by atoms with Crippen LogP contribution in [0.25, 0.3) is 11.0 Å². The summed E-state index contributed by atoms with van der Waals surface area (Å²) in [6.07, 6.45) is 2.12. The molecule has 25 heavy (non-hydrogen) atoms. The number of carbonyl (C=O) groups excluding carboxylic acids is 1. The van der Waals surface area contributed by atoms with Crippen molar-refractivity contribution in [3.05, 3.63) is 52.4 Å². The lowest BCUT2D eigenvalue weighted by molar-refractivity contribution is 0.0931. The maximum Gasteiger partial charge on any atom is 0.287 e. The molecule has 0 aliphatic rings. The van der Waals surface area contributed by atoms with Crippen molar-refractivity contribution in [3.8, 4) is 11.8 Å². The van der Waals surface area contributed by atoms with Crippen LogP contribution in [0, 0.1) is 11.8 Å². The number of hydrogen-bond acceptors (Lipinski definition) is 4. The predicted octanol–water partition coefficient (Wildman–Crippen LogP) is 2.86. The molecule has 0 radical (unpaired) electrons. The first-order valence-electron chi connectivity index (χ1n) is 7.68. The van der Waals surface area contributed by atoms with E-state index in [1.54, 1.807) is 6.20 Å². The highest BCUT2D eigenvalue weighted by Crippen LogP contribution is 2.17. The van der Waals surface area contributed by atoms with Crippen LogP contribution in [0.1, 0.15) is 29.5 Å². The summed E-state index contributed by atoms with van der Waals surface area (Å²) in [7, 11) is 0. The third-order valence-corrected chi connectivity index (χ3v) is 4.13. The lowest BCUT2D eigenvalue weighted by Crippen LogP contribution is -2.32. The number of amides is 1. The molecular weight excluding hydrogens is 382 g/mol. The molecule has 0 aliphatic heterocycles. The van der Waals surface area contributed by atoms with Gasteiger partial charge in [0.15, 0.2) is 5.82 Å². The van der Waals surface area contributed by atoms with Crippen LogP contribution in [0.5, 0.6) is 0 Å². The van der Waals surface area contributed by atoms with Crippen molar-refractivity contribution in [2.45, 2.75) is 19.4 Å². The molecule has 7 heteroatoms. The molecule has 2 heterocycles. The second-order valence-electron chi connectivity index (χ2n) is 5.57. The number of carbonyl (C=O) groups is 1. The van der Waals surface area contributed by atoms with Crippen LogP contribution in [-0.2, 0) is 0 Å². The molecule has 4 N–H and O–H groups in total. The number of hydrogen-bond donors (Lipinski definition) is 3. The number of imidazole rings is 1. The Morgan fingerprint density at radius 3 is 3.00 bits per heavy atom. The molecule has 1 aromatic carbocycles. The SMILES string of the molecule is C[C@@H](CC#Cc1cnc(N)c(Br)c1)NC(=O)c1nc2ccccc2[nH]1. The molecule has 2 aromatic heterocycles. The number of benzene rings is 1. The van der Waals surface area contributed by atoms with Gasteiger partial charge in [-0.3, -0.25) is 4.79 Å². The number of nitrogens with one attached hydrogen (secondary N) is 2. The Labute approximate surface area is 153 Å². The van der Waals surface area contributed by atoms with Gasteiger partial charge in [0, 0.05) is 24.2 Å². The first-order chi connectivity index (χ1) is 12.0. The molecule has 0 bridgehead atoms. The molecule has 0 spiro atoms. The summed E-state index contributed by atoms with van der Waals surface area (Å²) < 4.78 is 0.713. The fourth-order valence-electron chi connectivity index (χ4n) is 2.23. The van der Waals surface area contributed by atoms with Gasteiger partial charge < -0.3 is 16.0 Å². The molecule has 6 nitrogen and oxygen atoms in total. The first-order valence-corrected chi connectivity index (χ1v) is 8.48. The number of fused-ring (bicyclic) bond motifs is 1. The fourth-order valence-corrected chi connectivity index (χ4v) is 2.58. The monoisotopic (exact) mass is 397 g/mol. The van der Waals surface area contributed by atoms with Crippen molar-refractivity contribution in [3.63, 3.8) is 0 Å². The van der Waals surface area contributed by atoms with Gasteiger partial charge >= 0.3 is 0 Å². The zero-order valence-electron chi connectivity index (χ0n) is 13.5. The van der Waals surface area contributed by atoms with E-state index in [-0.39, 0.29) is 11.9 Å². The van der Waals surface area contributed by atoms with Gasteiger partial charge in [0.1, 0.15) is 5.82 Å². The van der Waals surface area contributed by atoms with E-state index in [2.05, 4.69) is 48.0 Å². The maximum absolute atomic E-state index is 12.3. The van der Waals surface area contributed by atoms with E-state index in [9.17, 15) is 4.79 Å². The summed E-state index contributed by atoms with van der Waals surface area (Å²) in [6.45, 7) is 1.90. The Morgan fingerprint density at radius 2 is 2.24 bits per heavy atom. The number of para-hydroxylation sites is 2. The Morgan fingerprint density at radius 1 is 1.44 bits per heavy atom. The van der Waals surface area contributed by atoms with Gasteiger partial charge in [-0.05, 0) is 41.1 Å². The number of nitrogen functional groups attached to an aromatic ring is 1. The second-order valence-corrected chi connectivity index (χ2v) is 6.43. The third-order valence-electron chi connectivity index (χ3n) is 3.49. The van der Waals surface area contributed by atoms with E-state index >= 15 is 0 Å². The molecule has 0 aliphatic carbocycles. The zero-order valence-corrected chi connectivity index (χ0v) is 15.1. The van der Waals surface area contributed by atoms with Crippen molar-refractivity contribution < 1.29 is 4.79 Å². The summed E-state index contributed by atoms with van der Waals surface area (Å²) in [4.78, 5) is 23.6. The lowest BCUT2D eigenvalue weighted by atomic mass is 10.2. The number of nitrogens with zero attached hydrogens (tertiary/aromatic N) is 2. The summed E-state index contributed by atoms with van der Waals surface area (Å²) in [6, 6.07) is 9.22. The molecule has 3 rings (SSSR count). The molecule has 0 saturated heterocycles. The number of H-pyrrole nitrogens is 1. The lowest BCUT2D eigenvalue weighted by Gasteiger charge is -2.08. The predicted molar refractivity (Wildman–Crippen MR) is 101 cm³/mol. The maximum atomic E-state index is 12.3. The van der Waals surface area contributed by atoms with Gasteiger partial charge in [0.25, 0.3) is 5.91 Å². The highest BCUT2D eigenvalue weighted by Gasteiger charge is 2.13. The number of aromatic amines is 1. The van der Waals surface area contributed by atoms with Crippen LogP contribution in [-0.4, -0.2) is 26.9 Å². The zero-order chi connectivity index (χ0) is 17.8. The number of anilines is 1. The van der Waals surface area contributed by atoms with Crippen LogP contribution in [0.2, 0.25) is 0 Å². The van der Waals surface area contributed by atoms with Gasteiger partial charge in [-0.1, -0.05) is 24.0 Å². The Hall–Kier alpha value is -2.85. The number of aromatic nitrogens is 3. The fraction of sp³-hybridized carbons (Fsp3) is 0.167. The van der Waals surface area contributed by atoms with Gasteiger partial charge in [0.05, 0.1) is 15.5 Å². The molecule has 0 fully saturated rings. The van der Waals surface area contributed by atoms with E-state index in [0.29, 0.717) is 22.5 Å². The Bertz CT molecular complexity index is 953. The van der Waals surface area contributed by atoms with Crippen LogP contribution >= 0.6 is 15.9 Å². The minimum atomic E-state index is -0.248. The van der Waals surface area contributed by atoms with E-state index in [1.165, 1.54) is 0 Å². The molecular formula is C18H16BrN5O. The van der Waals surface area contributed by atoms with E-state index < -0.39 is 0 Å². The minimum absolute atomic E-state index is 0.113. The molecule has 126 valence electrons. The highest BCUT2D eigenvalue weighted by atomic mass is 79.9. The second kappa shape index (κ2) is 7.36. The summed E-state index contributed by atoms with van der Waals surface area (Å²) >= 11 is 3.32. The van der Waals surface area contributed by atoms with Crippen LogP contribution in [0.4, 0.5) is 5.82 Å². The topological polar surface area (TPSA) is 96.7 Å². The Balaban J connectivity index is 1.60. The summed E-state index contributed by atoms with van der Waals surface area (Å²) in [5, 5.41) is 2.88. The summed E-state index contributed by atoms with van der Waals surface area (Å²) in [5.74, 6) is 6.52. The normalized spacial score (nSPS) is 11.6. The number of pyridine rings is 1. The number of nitrogens with two attached hydrogens (primary N) is 1. The average Bonchev–Trinajstić information content (AvgIpc) is 3.02. The van der Waals surface area contributed by atoms with Crippen molar-refractivity contribution in [2.75, 3.05) is 5.73 Å². The first kappa shape index (κ1) is 17.0. The van der Waals surface area contributed by atoms with Crippen LogP contribution in [0.15, 0.2) is 41.0 Å².